The SMILES string of the molecule is CC(C)Cn1c(Cc2ccccc2F)n[nH]c1=S. The van der Waals surface area contributed by atoms with Gasteiger partial charge in [0.1, 0.15) is 11.6 Å². The second kappa shape index (κ2) is 5.44. The summed E-state index contributed by atoms with van der Waals surface area (Å²) in [6, 6.07) is 6.74. The molecule has 0 saturated heterocycles. The summed E-state index contributed by atoms with van der Waals surface area (Å²) >= 11 is 5.19. The van der Waals surface area contributed by atoms with Gasteiger partial charge in [-0.3, -0.25) is 5.10 Å². The highest BCUT2D eigenvalue weighted by atomic mass is 32.1. The van der Waals surface area contributed by atoms with Crippen LogP contribution in [-0.4, -0.2) is 14.8 Å². The van der Waals surface area contributed by atoms with Crippen LogP contribution in [0.5, 0.6) is 0 Å². The van der Waals surface area contributed by atoms with Crippen LogP contribution in [0, 0.1) is 16.5 Å². The standard InChI is InChI=1S/C13H16FN3S/c1-9(2)8-17-12(15-16-13(17)18)7-10-5-3-4-6-11(10)14/h3-6,9H,7-8H2,1-2H3,(H,16,18). The van der Waals surface area contributed by atoms with E-state index in [0.717, 1.165) is 12.4 Å². The number of aromatic nitrogens is 3. The van der Waals surface area contributed by atoms with Crippen molar-refractivity contribution >= 4 is 12.2 Å². The molecule has 0 atom stereocenters. The largest absolute Gasteiger partial charge is 0.304 e. The van der Waals surface area contributed by atoms with Gasteiger partial charge in [0, 0.05) is 13.0 Å². The van der Waals surface area contributed by atoms with E-state index in [4.69, 9.17) is 12.2 Å². The summed E-state index contributed by atoms with van der Waals surface area (Å²) in [5.41, 5.74) is 0.636. The Labute approximate surface area is 111 Å². The van der Waals surface area contributed by atoms with Crippen LogP contribution in [-0.2, 0) is 13.0 Å². The van der Waals surface area contributed by atoms with Gasteiger partial charge in [-0.15, -0.1) is 0 Å². The minimum absolute atomic E-state index is 0.206. The molecule has 0 spiro atoms. The number of halogens is 1. The molecule has 0 fully saturated rings. The van der Waals surface area contributed by atoms with Gasteiger partial charge in [0.25, 0.3) is 0 Å². The summed E-state index contributed by atoms with van der Waals surface area (Å²) in [7, 11) is 0. The second-order valence-electron chi connectivity index (χ2n) is 4.72. The van der Waals surface area contributed by atoms with Gasteiger partial charge in [-0.05, 0) is 29.8 Å². The fourth-order valence-corrected chi connectivity index (χ4v) is 2.08. The monoisotopic (exact) mass is 265 g/mol. The molecular formula is C13H16FN3S. The van der Waals surface area contributed by atoms with Crippen LogP contribution < -0.4 is 0 Å². The summed E-state index contributed by atoms with van der Waals surface area (Å²) in [6.07, 6.45) is 0.451. The van der Waals surface area contributed by atoms with Gasteiger partial charge in [-0.1, -0.05) is 32.0 Å². The first-order valence-electron chi connectivity index (χ1n) is 5.95. The Hall–Kier alpha value is -1.49. The maximum absolute atomic E-state index is 13.6. The van der Waals surface area contributed by atoms with E-state index >= 15 is 0 Å². The van der Waals surface area contributed by atoms with Crippen LogP contribution in [0.15, 0.2) is 24.3 Å². The van der Waals surface area contributed by atoms with E-state index in [2.05, 4.69) is 24.0 Å². The summed E-state index contributed by atoms with van der Waals surface area (Å²) in [5.74, 6) is 1.04. The van der Waals surface area contributed by atoms with Crippen LogP contribution in [0.3, 0.4) is 0 Å². The van der Waals surface area contributed by atoms with E-state index < -0.39 is 0 Å². The van der Waals surface area contributed by atoms with Crippen LogP contribution in [0.25, 0.3) is 0 Å². The Balaban J connectivity index is 2.30. The summed E-state index contributed by atoms with van der Waals surface area (Å²) in [4.78, 5) is 0. The Morgan fingerprint density at radius 3 is 2.78 bits per heavy atom. The Morgan fingerprint density at radius 1 is 1.39 bits per heavy atom. The molecule has 96 valence electrons. The molecule has 2 aromatic rings. The number of H-pyrrole nitrogens is 1. The van der Waals surface area contributed by atoms with Gasteiger partial charge in [0.2, 0.25) is 0 Å². The summed E-state index contributed by atoms with van der Waals surface area (Å²) in [5, 5.41) is 6.96. The zero-order valence-electron chi connectivity index (χ0n) is 10.5. The lowest BCUT2D eigenvalue weighted by Gasteiger charge is -2.09. The lowest BCUT2D eigenvalue weighted by Crippen LogP contribution is -2.09. The van der Waals surface area contributed by atoms with Crippen LogP contribution in [0.2, 0.25) is 0 Å². The van der Waals surface area contributed by atoms with E-state index in [-0.39, 0.29) is 5.82 Å². The van der Waals surface area contributed by atoms with Gasteiger partial charge in [-0.25, -0.2) is 4.39 Å². The van der Waals surface area contributed by atoms with Crippen molar-refractivity contribution in [2.24, 2.45) is 5.92 Å². The van der Waals surface area contributed by atoms with Gasteiger partial charge < -0.3 is 4.57 Å². The molecule has 2 rings (SSSR count). The zero-order chi connectivity index (χ0) is 13.1. The lowest BCUT2D eigenvalue weighted by atomic mass is 10.1. The van der Waals surface area contributed by atoms with Gasteiger partial charge >= 0.3 is 0 Å². The van der Waals surface area contributed by atoms with Crippen molar-refractivity contribution in [1.82, 2.24) is 14.8 Å². The maximum atomic E-state index is 13.6. The molecule has 18 heavy (non-hydrogen) atoms. The third kappa shape index (κ3) is 2.85. The predicted octanol–water partition coefficient (Wildman–Crippen LogP) is 3.33. The molecule has 0 bridgehead atoms. The predicted molar refractivity (Wildman–Crippen MR) is 71.5 cm³/mol. The van der Waals surface area contributed by atoms with Gasteiger partial charge in [0.05, 0.1) is 0 Å². The third-order valence-corrected chi connectivity index (χ3v) is 3.00. The number of rotatable bonds is 4. The first-order valence-corrected chi connectivity index (χ1v) is 6.36. The first-order chi connectivity index (χ1) is 8.58. The number of hydrogen-bond acceptors (Lipinski definition) is 2. The fourth-order valence-electron chi connectivity index (χ4n) is 1.85. The van der Waals surface area contributed by atoms with Crippen molar-refractivity contribution in [3.8, 4) is 0 Å². The number of benzene rings is 1. The first kappa shape index (κ1) is 13.0. The maximum Gasteiger partial charge on any atom is 0.195 e. The Morgan fingerprint density at radius 2 is 2.11 bits per heavy atom. The van der Waals surface area contributed by atoms with E-state index in [1.54, 1.807) is 12.1 Å². The molecule has 3 nitrogen and oxygen atoms in total. The van der Waals surface area contributed by atoms with Crippen LogP contribution in [0.1, 0.15) is 25.2 Å². The molecule has 1 aromatic carbocycles. The topological polar surface area (TPSA) is 33.6 Å². The normalized spacial score (nSPS) is 11.1. The fraction of sp³-hybridized carbons (Fsp3) is 0.385. The van der Waals surface area contributed by atoms with Crippen molar-refractivity contribution < 1.29 is 4.39 Å². The second-order valence-corrected chi connectivity index (χ2v) is 5.10. The van der Waals surface area contributed by atoms with Crippen molar-refractivity contribution in [3.05, 3.63) is 46.2 Å². The molecule has 0 amide bonds. The number of aromatic amines is 1. The highest BCUT2D eigenvalue weighted by Gasteiger charge is 2.10. The minimum Gasteiger partial charge on any atom is -0.304 e. The van der Waals surface area contributed by atoms with Crippen molar-refractivity contribution in [2.45, 2.75) is 26.8 Å². The molecule has 1 N–H and O–H groups in total. The Kier molecular flexibility index (Phi) is 3.91. The molecule has 0 aliphatic heterocycles. The number of nitrogens with one attached hydrogen (secondary N) is 1. The van der Waals surface area contributed by atoms with Crippen molar-refractivity contribution in [3.63, 3.8) is 0 Å². The van der Waals surface area contributed by atoms with E-state index in [1.807, 2.05) is 10.6 Å². The Bertz CT molecular complexity index is 586. The van der Waals surface area contributed by atoms with Crippen molar-refractivity contribution in [2.75, 3.05) is 0 Å². The summed E-state index contributed by atoms with van der Waals surface area (Å²) in [6.45, 7) is 5.02. The molecule has 1 heterocycles. The van der Waals surface area contributed by atoms with Gasteiger partial charge in [0.15, 0.2) is 4.77 Å². The average molecular weight is 265 g/mol. The molecule has 0 radical (unpaired) electrons. The molecule has 1 aromatic heterocycles. The highest BCUT2D eigenvalue weighted by Crippen LogP contribution is 2.13. The van der Waals surface area contributed by atoms with Crippen LogP contribution in [0.4, 0.5) is 4.39 Å². The van der Waals surface area contributed by atoms with E-state index in [1.165, 1.54) is 6.07 Å². The molecule has 0 unspecified atom stereocenters. The quantitative estimate of drug-likeness (QED) is 0.860. The minimum atomic E-state index is -0.206. The van der Waals surface area contributed by atoms with Gasteiger partial charge in [-0.2, -0.15) is 5.10 Å². The molecule has 0 aliphatic rings. The molecule has 0 aliphatic carbocycles. The number of nitrogens with zero attached hydrogens (tertiary/aromatic N) is 2. The van der Waals surface area contributed by atoms with Crippen LogP contribution >= 0.6 is 12.2 Å². The zero-order valence-corrected chi connectivity index (χ0v) is 11.3. The average Bonchev–Trinajstić information content (AvgIpc) is 2.64. The molecule has 5 heteroatoms. The third-order valence-electron chi connectivity index (χ3n) is 2.69. The number of hydrogen-bond donors (Lipinski definition) is 1. The van der Waals surface area contributed by atoms with E-state index in [0.29, 0.717) is 22.7 Å². The summed E-state index contributed by atoms with van der Waals surface area (Å²) < 4.78 is 16.1. The smallest absolute Gasteiger partial charge is 0.195 e. The van der Waals surface area contributed by atoms with E-state index in [9.17, 15) is 4.39 Å². The highest BCUT2D eigenvalue weighted by molar-refractivity contribution is 7.71. The lowest BCUT2D eigenvalue weighted by molar-refractivity contribution is 0.504. The van der Waals surface area contributed by atoms with Crippen molar-refractivity contribution in [1.29, 1.82) is 0 Å². The molecular weight excluding hydrogens is 249 g/mol. The molecule has 0 saturated carbocycles.